The molecule has 23 heavy (non-hydrogen) atoms. The number of hydrogen-bond donors (Lipinski definition) is 2. The Balaban J connectivity index is 2.67. The molecular formula is C17H25NO5. The van der Waals surface area contributed by atoms with Crippen LogP contribution in [0.4, 0.5) is 0 Å². The number of carboxylic acid groups (broad SMARTS) is 1. The number of amides is 1. The molecule has 6 heteroatoms. The first-order chi connectivity index (χ1) is 10.9. The summed E-state index contributed by atoms with van der Waals surface area (Å²) in [5, 5.41) is 11.8. The Labute approximate surface area is 136 Å². The minimum atomic E-state index is -1.00. The molecule has 0 aliphatic rings. The Kier molecular flexibility index (Phi) is 7.38. The number of hydrogen-bond acceptors (Lipinski definition) is 4. The maximum atomic E-state index is 12.0. The fraction of sp³-hybridized carbons (Fsp3) is 0.529. The molecule has 0 spiro atoms. The molecule has 2 N–H and O–H groups in total. The summed E-state index contributed by atoms with van der Waals surface area (Å²) in [6.45, 7) is 3.71. The molecule has 1 amide bonds. The lowest BCUT2D eigenvalue weighted by Crippen LogP contribution is -2.45. The van der Waals surface area contributed by atoms with Crippen molar-refractivity contribution >= 4 is 11.9 Å². The van der Waals surface area contributed by atoms with Crippen LogP contribution in [0, 0.1) is 5.92 Å². The van der Waals surface area contributed by atoms with Gasteiger partial charge in [-0.05, 0) is 30.0 Å². The molecule has 0 saturated carbocycles. The first-order valence-electron chi connectivity index (χ1n) is 7.65. The zero-order chi connectivity index (χ0) is 17.4. The second-order valence-electron chi connectivity index (χ2n) is 5.49. The van der Waals surface area contributed by atoms with Crippen molar-refractivity contribution in [3.63, 3.8) is 0 Å². The van der Waals surface area contributed by atoms with E-state index >= 15 is 0 Å². The Hall–Kier alpha value is -2.24. The molecule has 0 aliphatic carbocycles. The topological polar surface area (TPSA) is 84.9 Å². The highest BCUT2D eigenvalue weighted by atomic mass is 16.5. The lowest BCUT2D eigenvalue weighted by molar-refractivity contribution is -0.143. The van der Waals surface area contributed by atoms with Gasteiger partial charge in [0.2, 0.25) is 5.91 Å². The number of benzene rings is 1. The normalized spacial score (nSPS) is 13.0. The van der Waals surface area contributed by atoms with Gasteiger partial charge < -0.3 is 19.9 Å². The van der Waals surface area contributed by atoms with Gasteiger partial charge in [-0.25, -0.2) is 4.79 Å². The van der Waals surface area contributed by atoms with Gasteiger partial charge in [0.25, 0.3) is 0 Å². The van der Waals surface area contributed by atoms with Crippen LogP contribution in [-0.2, 0) is 16.0 Å². The maximum absolute atomic E-state index is 12.0. The van der Waals surface area contributed by atoms with Crippen LogP contribution in [0.15, 0.2) is 18.2 Å². The number of carbonyl (C=O) groups is 2. The van der Waals surface area contributed by atoms with Gasteiger partial charge in [0.05, 0.1) is 14.2 Å². The monoisotopic (exact) mass is 323 g/mol. The fourth-order valence-electron chi connectivity index (χ4n) is 2.20. The van der Waals surface area contributed by atoms with Gasteiger partial charge in [0.15, 0.2) is 0 Å². The number of carboxylic acids is 1. The van der Waals surface area contributed by atoms with Gasteiger partial charge in [0.1, 0.15) is 17.5 Å². The van der Waals surface area contributed by atoms with Crippen molar-refractivity contribution in [1.29, 1.82) is 0 Å². The van der Waals surface area contributed by atoms with Crippen LogP contribution < -0.4 is 14.8 Å². The molecule has 0 saturated heterocycles. The zero-order valence-corrected chi connectivity index (χ0v) is 14.1. The summed E-state index contributed by atoms with van der Waals surface area (Å²) >= 11 is 0. The Morgan fingerprint density at radius 3 is 2.17 bits per heavy atom. The van der Waals surface area contributed by atoms with E-state index in [2.05, 4.69) is 5.32 Å². The largest absolute Gasteiger partial charge is 0.497 e. The lowest BCUT2D eigenvalue weighted by atomic mass is 9.99. The molecule has 0 aromatic heterocycles. The van der Waals surface area contributed by atoms with Crippen LogP contribution in [0.1, 0.15) is 32.3 Å². The molecule has 0 bridgehead atoms. The van der Waals surface area contributed by atoms with Crippen molar-refractivity contribution in [1.82, 2.24) is 5.32 Å². The number of nitrogens with one attached hydrogen (secondary N) is 1. The molecule has 1 aromatic rings. The van der Waals surface area contributed by atoms with Gasteiger partial charge in [0, 0.05) is 12.5 Å². The summed E-state index contributed by atoms with van der Waals surface area (Å²) in [6.07, 6.45) is 1.37. The minimum absolute atomic E-state index is 0.117. The predicted molar refractivity (Wildman–Crippen MR) is 86.9 cm³/mol. The molecule has 2 atom stereocenters. The molecule has 0 heterocycles. The highest BCUT2D eigenvalue weighted by molar-refractivity contribution is 5.83. The minimum Gasteiger partial charge on any atom is -0.497 e. The number of aliphatic carboxylic acids is 1. The van der Waals surface area contributed by atoms with E-state index in [0.29, 0.717) is 24.3 Å². The van der Waals surface area contributed by atoms with Crippen LogP contribution in [0.3, 0.4) is 0 Å². The van der Waals surface area contributed by atoms with Crippen molar-refractivity contribution in [2.45, 2.75) is 39.2 Å². The van der Waals surface area contributed by atoms with E-state index in [-0.39, 0.29) is 18.2 Å². The highest BCUT2D eigenvalue weighted by Gasteiger charge is 2.24. The molecule has 0 radical (unpaired) electrons. The van der Waals surface area contributed by atoms with Crippen molar-refractivity contribution in [3.8, 4) is 11.5 Å². The standard InChI is InChI=1S/C17H25NO5/c1-5-11(2)16(17(20)21)18-15(19)7-6-12-8-13(22-3)10-14(9-12)23-4/h8-11,16H,5-7H2,1-4H3,(H,18,19)(H,20,21). The lowest BCUT2D eigenvalue weighted by Gasteiger charge is -2.20. The Morgan fingerprint density at radius 1 is 1.17 bits per heavy atom. The summed E-state index contributed by atoms with van der Waals surface area (Å²) in [6, 6.07) is 4.57. The third kappa shape index (κ3) is 5.81. The fourth-order valence-corrected chi connectivity index (χ4v) is 2.20. The Bertz CT molecular complexity index is 522. The SMILES string of the molecule is CCC(C)C(NC(=O)CCc1cc(OC)cc(OC)c1)C(=O)O. The zero-order valence-electron chi connectivity index (χ0n) is 14.1. The third-order valence-corrected chi connectivity index (χ3v) is 3.85. The molecule has 2 unspecified atom stereocenters. The predicted octanol–water partition coefficient (Wildman–Crippen LogP) is 2.25. The third-order valence-electron chi connectivity index (χ3n) is 3.85. The van der Waals surface area contributed by atoms with Crippen molar-refractivity contribution in [3.05, 3.63) is 23.8 Å². The van der Waals surface area contributed by atoms with Crippen LogP contribution >= 0.6 is 0 Å². The average molecular weight is 323 g/mol. The van der Waals surface area contributed by atoms with Gasteiger partial charge in [-0.3, -0.25) is 4.79 Å². The molecule has 6 nitrogen and oxygen atoms in total. The number of ether oxygens (including phenoxy) is 2. The van der Waals surface area contributed by atoms with E-state index in [0.717, 1.165) is 5.56 Å². The van der Waals surface area contributed by atoms with Crippen molar-refractivity contribution in [2.75, 3.05) is 14.2 Å². The summed E-state index contributed by atoms with van der Waals surface area (Å²) in [7, 11) is 3.13. The highest BCUT2D eigenvalue weighted by Crippen LogP contribution is 2.23. The van der Waals surface area contributed by atoms with Gasteiger partial charge in [-0.2, -0.15) is 0 Å². The first-order valence-corrected chi connectivity index (χ1v) is 7.65. The molecule has 0 aliphatic heterocycles. The smallest absolute Gasteiger partial charge is 0.326 e. The van der Waals surface area contributed by atoms with E-state index in [4.69, 9.17) is 9.47 Å². The van der Waals surface area contributed by atoms with E-state index in [1.165, 1.54) is 0 Å². The van der Waals surface area contributed by atoms with Gasteiger partial charge >= 0.3 is 5.97 Å². The molecule has 1 rings (SSSR count). The Morgan fingerprint density at radius 2 is 1.74 bits per heavy atom. The number of aryl methyl sites for hydroxylation is 1. The second kappa shape index (κ2) is 9.02. The maximum Gasteiger partial charge on any atom is 0.326 e. The number of rotatable bonds is 9. The summed E-state index contributed by atoms with van der Waals surface area (Å²) in [5.74, 6) is -0.0887. The molecular weight excluding hydrogens is 298 g/mol. The quantitative estimate of drug-likeness (QED) is 0.728. The van der Waals surface area contributed by atoms with Crippen LogP contribution in [0.2, 0.25) is 0 Å². The molecule has 1 aromatic carbocycles. The van der Waals surface area contributed by atoms with E-state index in [1.54, 1.807) is 20.3 Å². The van der Waals surface area contributed by atoms with Crippen LogP contribution in [0.5, 0.6) is 11.5 Å². The number of carbonyl (C=O) groups excluding carboxylic acids is 1. The van der Waals surface area contributed by atoms with E-state index < -0.39 is 12.0 Å². The van der Waals surface area contributed by atoms with Crippen molar-refractivity contribution in [2.24, 2.45) is 5.92 Å². The average Bonchev–Trinajstić information content (AvgIpc) is 2.56. The molecule has 128 valence electrons. The number of methoxy groups -OCH3 is 2. The molecule has 0 fully saturated rings. The van der Waals surface area contributed by atoms with Crippen molar-refractivity contribution < 1.29 is 24.2 Å². The van der Waals surface area contributed by atoms with E-state index in [1.807, 2.05) is 26.0 Å². The van der Waals surface area contributed by atoms with Crippen LogP contribution in [0.25, 0.3) is 0 Å². The second-order valence-corrected chi connectivity index (χ2v) is 5.49. The first kappa shape index (κ1) is 18.8. The summed E-state index contributed by atoms with van der Waals surface area (Å²) in [5.41, 5.74) is 0.895. The van der Waals surface area contributed by atoms with Gasteiger partial charge in [-0.15, -0.1) is 0 Å². The van der Waals surface area contributed by atoms with Gasteiger partial charge in [-0.1, -0.05) is 20.3 Å². The summed E-state index contributed by atoms with van der Waals surface area (Å²) in [4.78, 5) is 23.3. The van der Waals surface area contributed by atoms with E-state index in [9.17, 15) is 14.7 Å². The summed E-state index contributed by atoms with van der Waals surface area (Å²) < 4.78 is 10.4. The van der Waals surface area contributed by atoms with Crippen LogP contribution in [-0.4, -0.2) is 37.2 Å².